The number of hydrogen-bond donors (Lipinski definition) is 1. The van der Waals surface area contributed by atoms with Crippen LogP contribution in [0.4, 0.5) is 5.69 Å². The second-order valence-electron chi connectivity index (χ2n) is 5.31. The fourth-order valence-electron chi connectivity index (χ4n) is 2.65. The standard InChI is InChI=1S/C15H22N2O2/c1-11-6-4-5-7-13(11)17-12(2)8-9-16(3)14(10-18)15(17)19/h4-7,12,14,18H,8-10H2,1-3H3. The van der Waals surface area contributed by atoms with Crippen molar-refractivity contribution in [3.05, 3.63) is 29.8 Å². The van der Waals surface area contributed by atoms with Gasteiger partial charge in [-0.3, -0.25) is 9.69 Å². The Balaban J connectivity index is 2.41. The second-order valence-corrected chi connectivity index (χ2v) is 5.31. The van der Waals surface area contributed by atoms with Gasteiger partial charge in [0, 0.05) is 18.3 Å². The van der Waals surface area contributed by atoms with Crippen LogP contribution in [0, 0.1) is 6.92 Å². The number of rotatable bonds is 2. The van der Waals surface area contributed by atoms with Gasteiger partial charge in [-0.1, -0.05) is 18.2 Å². The van der Waals surface area contributed by atoms with E-state index in [2.05, 4.69) is 6.92 Å². The minimum atomic E-state index is -0.440. The Hall–Kier alpha value is -1.39. The van der Waals surface area contributed by atoms with E-state index in [9.17, 15) is 9.90 Å². The Morgan fingerprint density at radius 2 is 2.05 bits per heavy atom. The molecule has 0 aromatic heterocycles. The van der Waals surface area contributed by atoms with Gasteiger partial charge in [0.1, 0.15) is 6.04 Å². The first-order chi connectivity index (χ1) is 9.06. The zero-order valence-electron chi connectivity index (χ0n) is 11.8. The quantitative estimate of drug-likeness (QED) is 0.876. The highest BCUT2D eigenvalue weighted by Crippen LogP contribution is 2.26. The van der Waals surface area contributed by atoms with Crippen LogP contribution in [0.15, 0.2) is 24.3 Å². The predicted molar refractivity (Wildman–Crippen MR) is 76.2 cm³/mol. The molecule has 0 saturated carbocycles. The van der Waals surface area contributed by atoms with E-state index in [-0.39, 0.29) is 18.6 Å². The lowest BCUT2D eigenvalue weighted by Gasteiger charge is -2.31. The predicted octanol–water partition coefficient (Wildman–Crippen LogP) is 1.41. The largest absolute Gasteiger partial charge is 0.394 e. The van der Waals surface area contributed by atoms with Gasteiger partial charge in [-0.05, 0) is 38.9 Å². The minimum absolute atomic E-state index is 0.00991. The number of likely N-dealkylation sites (N-methyl/N-ethyl adjacent to an activating group) is 1. The summed E-state index contributed by atoms with van der Waals surface area (Å²) in [6.45, 7) is 4.76. The van der Waals surface area contributed by atoms with Crippen molar-refractivity contribution < 1.29 is 9.90 Å². The molecule has 0 spiro atoms. The van der Waals surface area contributed by atoms with E-state index in [4.69, 9.17) is 0 Å². The topological polar surface area (TPSA) is 43.8 Å². The number of amides is 1. The van der Waals surface area contributed by atoms with E-state index >= 15 is 0 Å². The highest BCUT2D eigenvalue weighted by atomic mass is 16.3. The molecule has 1 fully saturated rings. The highest BCUT2D eigenvalue weighted by molar-refractivity contribution is 5.98. The van der Waals surface area contributed by atoms with Gasteiger partial charge in [0.2, 0.25) is 5.91 Å². The monoisotopic (exact) mass is 262 g/mol. The minimum Gasteiger partial charge on any atom is -0.394 e. The summed E-state index contributed by atoms with van der Waals surface area (Å²) in [4.78, 5) is 16.5. The molecule has 1 N–H and O–H groups in total. The summed E-state index contributed by atoms with van der Waals surface area (Å²) in [6.07, 6.45) is 0.910. The number of anilines is 1. The summed E-state index contributed by atoms with van der Waals surface area (Å²) < 4.78 is 0. The van der Waals surface area contributed by atoms with E-state index in [1.54, 1.807) is 0 Å². The van der Waals surface area contributed by atoms with Crippen molar-refractivity contribution in [2.45, 2.75) is 32.4 Å². The summed E-state index contributed by atoms with van der Waals surface area (Å²) in [5, 5.41) is 9.49. The van der Waals surface area contributed by atoms with Gasteiger partial charge in [-0.25, -0.2) is 0 Å². The van der Waals surface area contributed by atoms with Gasteiger partial charge < -0.3 is 10.0 Å². The number of aliphatic hydroxyl groups is 1. The van der Waals surface area contributed by atoms with Crippen LogP contribution in [0.2, 0.25) is 0 Å². The number of nitrogens with zero attached hydrogens (tertiary/aromatic N) is 2. The molecule has 1 aromatic carbocycles. The summed E-state index contributed by atoms with van der Waals surface area (Å²) in [5.41, 5.74) is 2.04. The van der Waals surface area contributed by atoms with Gasteiger partial charge in [0.15, 0.2) is 0 Å². The Labute approximate surface area is 114 Å². The molecule has 0 aliphatic carbocycles. The van der Waals surface area contributed by atoms with Crippen molar-refractivity contribution in [3.8, 4) is 0 Å². The Morgan fingerprint density at radius 3 is 2.68 bits per heavy atom. The zero-order valence-corrected chi connectivity index (χ0v) is 11.8. The summed E-state index contributed by atoms with van der Waals surface area (Å²) in [7, 11) is 1.90. The maximum Gasteiger partial charge on any atom is 0.246 e. The molecule has 1 heterocycles. The summed E-state index contributed by atoms with van der Waals surface area (Å²) >= 11 is 0. The van der Waals surface area contributed by atoms with Crippen LogP contribution in [-0.2, 0) is 4.79 Å². The molecular weight excluding hydrogens is 240 g/mol. The molecule has 2 unspecified atom stereocenters. The number of hydrogen-bond acceptors (Lipinski definition) is 3. The number of benzene rings is 1. The lowest BCUT2D eigenvalue weighted by atomic mass is 10.1. The molecule has 0 bridgehead atoms. The number of para-hydroxylation sites is 1. The molecule has 2 rings (SSSR count). The Kier molecular flexibility index (Phi) is 4.22. The maximum absolute atomic E-state index is 12.7. The molecule has 4 nitrogen and oxygen atoms in total. The van der Waals surface area contributed by atoms with E-state index in [1.165, 1.54) is 0 Å². The number of carbonyl (C=O) groups excluding carboxylic acids is 1. The number of carbonyl (C=O) groups is 1. The normalized spacial score (nSPS) is 25.5. The van der Waals surface area contributed by atoms with Crippen LogP contribution in [-0.4, -0.2) is 48.2 Å². The highest BCUT2D eigenvalue weighted by Gasteiger charge is 2.34. The lowest BCUT2D eigenvalue weighted by molar-refractivity contribution is -0.124. The molecule has 104 valence electrons. The fourth-order valence-corrected chi connectivity index (χ4v) is 2.65. The molecule has 2 atom stereocenters. The molecule has 19 heavy (non-hydrogen) atoms. The van der Waals surface area contributed by atoms with E-state index < -0.39 is 6.04 Å². The van der Waals surface area contributed by atoms with Crippen molar-refractivity contribution >= 4 is 11.6 Å². The maximum atomic E-state index is 12.7. The first-order valence-electron chi connectivity index (χ1n) is 6.76. The van der Waals surface area contributed by atoms with Gasteiger partial charge >= 0.3 is 0 Å². The van der Waals surface area contributed by atoms with Crippen LogP contribution in [0.5, 0.6) is 0 Å². The van der Waals surface area contributed by atoms with Crippen LogP contribution in [0.1, 0.15) is 18.9 Å². The first kappa shape index (κ1) is 14.0. The van der Waals surface area contributed by atoms with E-state index in [1.807, 2.05) is 48.0 Å². The summed E-state index contributed by atoms with van der Waals surface area (Å²) in [5.74, 6) is -0.00991. The average Bonchev–Trinajstić information content (AvgIpc) is 2.49. The zero-order chi connectivity index (χ0) is 14.0. The Morgan fingerprint density at radius 1 is 1.37 bits per heavy atom. The van der Waals surface area contributed by atoms with Gasteiger partial charge in [-0.15, -0.1) is 0 Å². The SMILES string of the molecule is Cc1ccccc1N1C(=O)C(CO)N(C)CCC1C. The van der Waals surface area contributed by atoms with Crippen molar-refractivity contribution in [1.29, 1.82) is 0 Å². The van der Waals surface area contributed by atoms with Gasteiger partial charge in [0.25, 0.3) is 0 Å². The molecule has 1 saturated heterocycles. The molecular formula is C15H22N2O2. The lowest BCUT2D eigenvalue weighted by Crippen LogP contribution is -2.48. The molecule has 1 aliphatic rings. The third-order valence-corrected chi connectivity index (χ3v) is 3.94. The van der Waals surface area contributed by atoms with Gasteiger partial charge in [0.05, 0.1) is 6.61 Å². The smallest absolute Gasteiger partial charge is 0.246 e. The second kappa shape index (κ2) is 5.72. The third-order valence-electron chi connectivity index (χ3n) is 3.94. The fraction of sp³-hybridized carbons (Fsp3) is 0.533. The van der Waals surface area contributed by atoms with E-state index in [0.29, 0.717) is 0 Å². The molecule has 0 radical (unpaired) electrons. The number of aliphatic hydroxyl groups excluding tert-OH is 1. The van der Waals surface area contributed by atoms with Crippen LogP contribution < -0.4 is 4.90 Å². The van der Waals surface area contributed by atoms with Crippen LogP contribution >= 0.6 is 0 Å². The first-order valence-corrected chi connectivity index (χ1v) is 6.76. The third kappa shape index (κ3) is 2.65. The molecule has 4 heteroatoms. The number of aryl methyl sites for hydroxylation is 1. The van der Waals surface area contributed by atoms with Gasteiger partial charge in [-0.2, -0.15) is 0 Å². The van der Waals surface area contributed by atoms with E-state index in [0.717, 1.165) is 24.2 Å². The average molecular weight is 262 g/mol. The summed E-state index contributed by atoms with van der Waals surface area (Å²) in [6, 6.07) is 7.62. The van der Waals surface area contributed by atoms with Crippen LogP contribution in [0.3, 0.4) is 0 Å². The van der Waals surface area contributed by atoms with Crippen molar-refractivity contribution in [3.63, 3.8) is 0 Å². The van der Waals surface area contributed by atoms with Crippen molar-refractivity contribution in [2.24, 2.45) is 0 Å². The molecule has 1 aromatic rings. The molecule has 1 aliphatic heterocycles. The van der Waals surface area contributed by atoms with Crippen molar-refractivity contribution in [1.82, 2.24) is 4.90 Å². The van der Waals surface area contributed by atoms with Crippen LogP contribution in [0.25, 0.3) is 0 Å². The molecule has 1 amide bonds. The Bertz CT molecular complexity index is 461. The van der Waals surface area contributed by atoms with Crippen molar-refractivity contribution in [2.75, 3.05) is 25.1 Å².